The van der Waals surface area contributed by atoms with Crippen molar-refractivity contribution in [2.24, 2.45) is 11.7 Å². The molecule has 94 valence electrons. The maximum atomic E-state index is 12.0. The maximum Gasteiger partial charge on any atom is 0.239 e. The molecule has 0 aromatic heterocycles. The molecule has 0 aliphatic carbocycles. The highest BCUT2D eigenvalue weighted by Crippen LogP contribution is 2.09. The number of nitrogens with two attached hydrogens (primary N) is 1. The lowest BCUT2D eigenvalue weighted by molar-refractivity contribution is -0.131. The number of nitrogens with zero attached hydrogens (tertiary/aromatic N) is 1. The summed E-state index contributed by atoms with van der Waals surface area (Å²) in [6, 6.07) is 0.229. The number of carbonyl (C=O) groups is 1. The minimum Gasteiger partial charge on any atom is -0.344 e. The number of likely N-dealkylation sites (N-methyl/N-ethyl adjacent to an activating group) is 1. The molecule has 4 nitrogen and oxygen atoms in total. The Balaban J connectivity index is 2.28. The van der Waals surface area contributed by atoms with Crippen LogP contribution in [-0.4, -0.2) is 43.0 Å². The minimum atomic E-state index is 0.0419. The van der Waals surface area contributed by atoms with E-state index >= 15 is 0 Å². The molecule has 0 bridgehead atoms. The Morgan fingerprint density at radius 3 is 2.75 bits per heavy atom. The van der Waals surface area contributed by atoms with Gasteiger partial charge in [-0.15, -0.1) is 0 Å². The molecule has 3 N–H and O–H groups in total. The number of nitrogens with one attached hydrogen (secondary N) is 1. The highest BCUT2D eigenvalue weighted by atomic mass is 16.2. The van der Waals surface area contributed by atoms with E-state index in [0.29, 0.717) is 5.92 Å². The third-order valence-electron chi connectivity index (χ3n) is 3.39. The van der Waals surface area contributed by atoms with Gasteiger partial charge in [-0.25, -0.2) is 0 Å². The fraction of sp³-hybridized carbons (Fsp3) is 0.917. The number of hydrogen-bond donors (Lipinski definition) is 2. The zero-order chi connectivity index (χ0) is 12.1. The Hall–Kier alpha value is -0.610. The van der Waals surface area contributed by atoms with E-state index in [-0.39, 0.29) is 18.0 Å². The second-order valence-corrected chi connectivity index (χ2v) is 5.11. The van der Waals surface area contributed by atoms with E-state index < -0.39 is 0 Å². The van der Waals surface area contributed by atoms with Crippen molar-refractivity contribution in [3.8, 4) is 0 Å². The van der Waals surface area contributed by atoms with Gasteiger partial charge in [-0.1, -0.05) is 13.8 Å². The van der Waals surface area contributed by atoms with E-state index in [9.17, 15) is 4.79 Å². The van der Waals surface area contributed by atoms with Crippen LogP contribution in [0.4, 0.5) is 0 Å². The SMILES string of the molecule is CC(C)C(N)CCN(C)C(=O)C1CCCN1. The molecular formula is C12H25N3O. The molecule has 2 atom stereocenters. The van der Waals surface area contributed by atoms with Gasteiger partial charge in [0, 0.05) is 19.6 Å². The Labute approximate surface area is 98.6 Å². The van der Waals surface area contributed by atoms with Gasteiger partial charge < -0.3 is 16.0 Å². The average molecular weight is 227 g/mol. The second-order valence-electron chi connectivity index (χ2n) is 5.11. The predicted octanol–water partition coefficient (Wildman–Crippen LogP) is 0.570. The summed E-state index contributed by atoms with van der Waals surface area (Å²) >= 11 is 0. The number of hydrogen-bond acceptors (Lipinski definition) is 3. The van der Waals surface area contributed by atoms with Crippen LogP contribution in [0.25, 0.3) is 0 Å². The fourth-order valence-electron chi connectivity index (χ4n) is 1.95. The van der Waals surface area contributed by atoms with Crippen molar-refractivity contribution >= 4 is 5.91 Å². The van der Waals surface area contributed by atoms with Gasteiger partial charge in [0.15, 0.2) is 0 Å². The van der Waals surface area contributed by atoms with Crippen molar-refractivity contribution in [3.05, 3.63) is 0 Å². The third kappa shape index (κ3) is 3.76. The first-order valence-corrected chi connectivity index (χ1v) is 6.26. The standard InChI is InChI=1S/C12H25N3O/c1-9(2)10(13)6-8-15(3)12(16)11-5-4-7-14-11/h9-11,14H,4-8,13H2,1-3H3. The van der Waals surface area contributed by atoms with E-state index in [2.05, 4.69) is 19.2 Å². The summed E-state index contributed by atoms with van der Waals surface area (Å²) in [5.41, 5.74) is 5.96. The molecule has 4 heteroatoms. The molecule has 2 unspecified atom stereocenters. The molecule has 16 heavy (non-hydrogen) atoms. The summed E-state index contributed by atoms with van der Waals surface area (Å²) < 4.78 is 0. The molecule has 1 aliphatic rings. The Morgan fingerprint density at radius 2 is 2.25 bits per heavy atom. The van der Waals surface area contributed by atoms with Gasteiger partial charge >= 0.3 is 0 Å². The summed E-state index contributed by atoms with van der Waals surface area (Å²) in [6.45, 7) is 5.96. The van der Waals surface area contributed by atoms with Gasteiger partial charge in [0.05, 0.1) is 6.04 Å². The largest absolute Gasteiger partial charge is 0.344 e. The van der Waals surface area contributed by atoms with Crippen LogP contribution in [0.15, 0.2) is 0 Å². The first kappa shape index (κ1) is 13.5. The first-order chi connectivity index (χ1) is 7.52. The van der Waals surface area contributed by atoms with Crippen LogP contribution < -0.4 is 11.1 Å². The van der Waals surface area contributed by atoms with Gasteiger partial charge in [-0.05, 0) is 31.7 Å². The van der Waals surface area contributed by atoms with Crippen molar-refractivity contribution in [2.45, 2.75) is 45.2 Å². The average Bonchev–Trinajstić information content (AvgIpc) is 2.77. The smallest absolute Gasteiger partial charge is 0.239 e. The molecule has 0 radical (unpaired) electrons. The summed E-state index contributed by atoms with van der Waals surface area (Å²) in [7, 11) is 1.87. The van der Waals surface area contributed by atoms with Crippen molar-refractivity contribution in [2.75, 3.05) is 20.1 Å². The Kier molecular flexibility index (Phi) is 5.22. The fourth-order valence-corrected chi connectivity index (χ4v) is 1.95. The molecule has 0 aromatic carbocycles. The van der Waals surface area contributed by atoms with Gasteiger partial charge in [0.2, 0.25) is 5.91 Å². The monoisotopic (exact) mass is 227 g/mol. The van der Waals surface area contributed by atoms with Crippen molar-refractivity contribution in [1.29, 1.82) is 0 Å². The molecule has 0 aromatic rings. The molecule has 1 rings (SSSR count). The number of amides is 1. The molecule has 1 aliphatic heterocycles. The lowest BCUT2D eigenvalue weighted by atomic mass is 10.0. The normalized spacial score (nSPS) is 22.4. The minimum absolute atomic E-state index is 0.0419. The molecular weight excluding hydrogens is 202 g/mol. The number of rotatable bonds is 5. The van der Waals surface area contributed by atoms with E-state index in [1.807, 2.05) is 11.9 Å². The summed E-state index contributed by atoms with van der Waals surface area (Å²) in [5.74, 6) is 0.696. The zero-order valence-electron chi connectivity index (χ0n) is 10.7. The Morgan fingerprint density at radius 1 is 1.56 bits per heavy atom. The molecule has 0 spiro atoms. The quantitative estimate of drug-likeness (QED) is 0.722. The molecule has 1 fully saturated rings. The second kappa shape index (κ2) is 6.21. The van der Waals surface area contributed by atoms with Crippen LogP contribution in [0.5, 0.6) is 0 Å². The highest BCUT2D eigenvalue weighted by molar-refractivity contribution is 5.81. The molecule has 1 amide bonds. The van der Waals surface area contributed by atoms with Gasteiger partial charge in [-0.3, -0.25) is 4.79 Å². The van der Waals surface area contributed by atoms with Crippen molar-refractivity contribution in [3.63, 3.8) is 0 Å². The summed E-state index contributed by atoms with van der Waals surface area (Å²) in [4.78, 5) is 13.8. The highest BCUT2D eigenvalue weighted by Gasteiger charge is 2.24. The van der Waals surface area contributed by atoms with E-state index in [0.717, 1.165) is 32.4 Å². The molecule has 1 saturated heterocycles. The third-order valence-corrected chi connectivity index (χ3v) is 3.39. The topological polar surface area (TPSA) is 58.4 Å². The van der Waals surface area contributed by atoms with Crippen LogP contribution in [0.1, 0.15) is 33.1 Å². The van der Waals surface area contributed by atoms with Crippen LogP contribution in [-0.2, 0) is 4.79 Å². The van der Waals surface area contributed by atoms with Gasteiger partial charge in [0.25, 0.3) is 0 Å². The first-order valence-electron chi connectivity index (χ1n) is 6.26. The lowest BCUT2D eigenvalue weighted by Crippen LogP contribution is -2.43. The van der Waals surface area contributed by atoms with Gasteiger partial charge in [0.1, 0.15) is 0 Å². The summed E-state index contributed by atoms with van der Waals surface area (Å²) in [5, 5.41) is 3.23. The van der Waals surface area contributed by atoms with Crippen molar-refractivity contribution < 1.29 is 4.79 Å². The van der Waals surface area contributed by atoms with Gasteiger partial charge in [-0.2, -0.15) is 0 Å². The van der Waals surface area contributed by atoms with E-state index in [1.165, 1.54) is 0 Å². The van der Waals surface area contributed by atoms with Crippen LogP contribution >= 0.6 is 0 Å². The van der Waals surface area contributed by atoms with Crippen LogP contribution in [0.3, 0.4) is 0 Å². The van der Waals surface area contributed by atoms with E-state index in [4.69, 9.17) is 5.73 Å². The maximum absolute atomic E-state index is 12.0. The Bertz CT molecular complexity index is 224. The van der Waals surface area contributed by atoms with Crippen LogP contribution in [0, 0.1) is 5.92 Å². The van der Waals surface area contributed by atoms with Crippen LogP contribution in [0.2, 0.25) is 0 Å². The molecule has 1 heterocycles. The number of carbonyl (C=O) groups excluding carboxylic acids is 1. The predicted molar refractivity (Wildman–Crippen MR) is 66.1 cm³/mol. The summed E-state index contributed by atoms with van der Waals surface area (Å²) in [6.07, 6.45) is 2.96. The van der Waals surface area contributed by atoms with Crippen molar-refractivity contribution in [1.82, 2.24) is 10.2 Å². The molecule has 0 saturated carbocycles. The lowest BCUT2D eigenvalue weighted by Gasteiger charge is -2.24. The zero-order valence-corrected chi connectivity index (χ0v) is 10.7. The van der Waals surface area contributed by atoms with E-state index in [1.54, 1.807) is 0 Å².